The fourth-order valence-corrected chi connectivity index (χ4v) is 2.79. The van der Waals surface area contributed by atoms with Crippen molar-refractivity contribution in [3.63, 3.8) is 0 Å². The fraction of sp³-hybridized carbons (Fsp3) is 0.571. The molecule has 18 heavy (non-hydrogen) atoms. The standard InChI is InChI=1S/C14H18FNO2/c15-12-5-2-1-4-11(12)13-6-9-18-14(16-13)7-3-8-17-10-14/h1-2,4-5,13,16H,3,6-10H2. The molecule has 2 heterocycles. The van der Waals surface area contributed by atoms with E-state index in [2.05, 4.69) is 5.32 Å². The van der Waals surface area contributed by atoms with Crippen LogP contribution >= 0.6 is 0 Å². The van der Waals surface area contributed by atoms with Crippen LogP contribution in [-0.4, -0.2) is 25.5 Å². The highest BCUT2D eigenvalue weighted by Gasteiger charge is 2.39. The van der Waals surface area contributed by atoms with Crippen LogP contribution in [0.2, 0.25) is 0 Å². The highest BCUT2D eigenvalue weighted by atomic mass is 19.1. The van der Waals surface area contributed by atoms with Gasteiger partial charge in [0.25, 0.3) is 0 Å². The third kappa shape index (κ3) is 2.28. The molecule has 0 amide bonds. The lowest BCUT2D eigenvalue weighted by Crippen LogP contribution is -2.57. The summed E-state index contributed by atoms with van der Waals surface area (Å²) in [6, 6.07) is 6.96. The van der Waals surface area contributed by atoms with Crippen LogP contribution in [0, 0.1) is 5.82 Å². The quantitative estimate of drug-likeness (QED) is 0.831. The van der Waals surface area contributed by atoms with Crippen molar-refractivity contribution in [3.05, 3.63) is 35.6 Å². The van der Waals surface area contributed by atoms with Gasteiger partial charge >= 0.3 is 0 Å². The zero-order chi connectivity index (χ0) is 12.4. The number of benzene rings is 1. The maximum atomic E-state index is 13.8. The van der Waals surface area contributed by atoms with Crippen molar-refractivity contribution in [2.45, 2.75) is 31.0 Å². The van der Waals surface area contributed by atoms with Crippen molar-refractivity contribution < 1.29 is 13.9 Å². The summed E-state index contributed by atoms with van der Waals surface area (Å²) in [6.07, 6.45) is 2.71. The lowest BCUT2D eigenvalue weighted by Gasteiger charge is -2.44. The Bertz CT molecular complexity index is 413. The van der Waals surface area contributed by atoms with Gasteiger partial charge in [-0.15, -0.1) is 0 Å². The number of hydrogen-bond donors (Lipinski definition) is 1. The van der Waals surface area contributed by atoms with E-state index in [9.17, 15) is 4.39 Å². The molecule has 0 radical (unpaired) electrons. The van der Waals surface area contributed by atoms with E-state index in [0.717, 1.165) is 31.4 Å². The minimum atomic E-state index is -0.413. The molecular weight excluding hydrogens is 233 g/mol. The van der Waals surface area contributed by atoms with Crippen LogP contribution in [0.3, 0.4) is 0 Å². The highest BCUT2D eigenvalue weighted by Crippen LogP contribution is 2.32. The van der Waals surface area contributed by atoms with Crippen LogP contribution < -0.4 is 5.32 Å². The van der Waals surface area contributed by atoms with Crippen LogP contribution in [0.4, 0.5) is 4.39 Å². The second-order valence-corrected chi connectivity index (χ2v) is 5.01. The summed E-state index contributed by atoms with van der Waals surface area (Å²) in [6.45, 7) is 1.99. The molecule has 0 aliphatic carbocycles. The normalized spacial score (nSPS) is 32.6. The summed E-state index contributed by atoms with van der Waals surface area (Å²) in [4.78, 5) is 0. The molecule has 1 spiro atoms. The second-order valence-electron chi connectivity index (χ2n) is 5.01. The molecule has 4 heteroatoms. The van der Waals surface area contributed by atoms with Gasteiger partial charge in [0.05, 0.1) is 13.2 Å². The van der Waals surface area contributed by atoms with Gasteiger partial charge in [-0.05, 0) is 25.3 Å². The molecule has 3 rings (SSSR count). The Balaban J connectivity index is 1.80. The van der Waals surface area contributed by atoms with E-state index >= 15 is 0 Å². The van der Waals surface area contributed by atoms with Gasteiger partial charge in [0.2, 0.25) is 0 Å². The molecule has 3 nitrogen and oxygen atoms in total. The average Bonchev–Trinajstić information content (AvgIpc) is 2.40. The second kappa shape index (κ2) is 4.96. The van der Waals surface area contributed by atoms with Gasteiger partial charge in [0, 0.05) is 18.2 Å². The van der Waals surface area contributed by atoms with E-state index in [1.807, 2.05) is 12.1 Å². The van der Waals surface area contributed by atoms with Gasteiger partial charge in [0.15, 0.2) is 0 Å². The SMILES string of the molecule is Fc1ccccc1C1CCOC2(CCCOC2)N1. The van der Waals surface area contributed by atoms with E-state index in [4.69, 9.17) is 9.47 Å². The zero-order valence-electron chi connectivity index (χ0n) is 10.3. The third-order valence-corrected chi connectivity index (χ3v) is 3.71. The predicted octanol–water partition coefficient (Wildman–Crippen LogP) is 2.38. The van der Waals surface area contributed by atoms with Gasteiger partial charge in [-0.3, -0.25) is 5.32 Å². The maximum absolute atomic E-state index is 13.8. The number of rotatable bonds is 1. The van der Waals surface area contributed by atoms with Crippen molar-refractivity contribution in [1.82, 2.24) is 5.32 Å². The van der Waals surface area contributed by atoms with Crippen LogP contribution in [0.1, 0.15) is 30.9 Å². The Labute approximate surface area is 106 Å². The summed E-state index contributed by atoms with van der Waals surface area (Å²) in [5, 5.41) is 3.44. The highest BCUT2D eigenvalue weighted by molar-refractivity contribution is 5.22. The molecule has 2 fully saturated rings. The molecular formula is C14H18FNO2. The first kappa shape index (κ1) is 12.1. The Morgan fingerprint density at radius 2 is 2.17 bits per heavy atom. The molecule has 2 saturated heterocycles. The van der Waals surface area contributed by atoms with Crippen molar-refractivity contribution >= 4 is 0 Å². The molecule has 0 bridgehead atoms. The van der Waals surface area contributed by atoms with E-state index < -0.39 is 5.72 Å². The van der Waals surface area contributed by atoms with Gasteiger partial charge in [-0.25, -0.2) is 4.39 Å². The summed E-state index contributed by atoms with van der Waals surface area (Å²) in [5.41, 5.74) is 0.314. The average molecular weight is 251 g/mol. The van der Waals surface area contributed by atoms with E-state index in [-0.39, 0.29) is 11.9 Å². The number of halogens is 1. The van der Waals surface area contributed by atoms with Crippen LogP contribution in [0.15, 0.2) is 24.3 Å². The largest absolute Gasteiger partial charge is 0.377 e. The molecule has 0 aromatic heterocycles. The van der Waals surface area contributed by atoms with Crippen molar-refractivity contribution in [2.75, 3.05) is 19.8 Å². The molecule has 1 N–H and O–H groups in total. The van der Waals surface area contributed by atoms with Crippen LogP contribution in [0.5, 0.6) is 0 Å². The smallest absolute Gasteiger partial charge is 0.143 e. The first-order chi connectivity index (χ1) is 8.79. The van der Waals surface area contributed by atoms with Crippen LogP contribution in [0.25, 0.3) is 0 Å². The fourth-order valence-electron chi connectivity index (χ4n) is 2.79. The van der Waals surface area contributed by atoms with Crippen LogP contribution in [-0.2, 0) is 9.47 Å². The first-order valence-electron chi connectivity index (χ1n) is 6.53. The molecule has 2 atom stereocenters. The molecule has 98 valence electrons. The number of ether oxygens (including phenoxy) is 2. The summed E-state index contributed by atoms with van der Waals surface area (Å²) < 4.78 is 25.2. The third-order valence-electron chi connectivity index (χ3n) is 3.71. The van der Waals surface area contributed by atoms with E-state index in [1.54, 1.807) is 6.07 Å². The van der Waals surface area contributed by atoms with Gasteiger partial charge in [-0.2, -0.15) is 0 Å². The Morgan fingerprint density at radius 3 is 2.94 bits per heavy atom. The Morgan fingerprint density at radius 1 is 1.28 bits per heavy atom. The minimum Gasteiger partial charge on any atom is -0.377 e. The molecule has 1 aromatic rings. The van der Waals surface area contributed by atoms with Gasteiger partial charge in [-0.1, -0.05) is 18.2 Å². The summed E-state index contributed by atoms with van der Waals surface area (Å²) in [7, 11) is 0. The van der Waals surface area contributed by atoms with E-state index in [0.29, 0.717) is 13.2 Å². The molecule has 2 aliphatic rings. The van der Waals surface area contributed by atoms with Crippen molar-refractivity contribution in [2.24, 2.45) is 0 Å². The van der Waals surface area contributed by atoms with Gasteiger partial charge < -0.3 is 9.47 Å². The monoisotopic (exact) mass is 251 g/mol. The summed E-state index contributed by atoms with van der Waals surface area (Å²) >= 11 is 0. The lowest BCUT2D eigenvalue weighted by molar-refractivity contribution is -0.174. The first-order valence-corrected chi connectivity index (χ1v) is 6.53. The lowest BCUT2D eigenvalue weighted by atomic mass is 9.96. The number of nitrogens with one attached hydrogen (secondary N) is 1. The van der Waals surface area contributed by atoms with Gasteiger partial charge in [0.1, 0.15) is 11.5 Å². The zero-order valence-corrected chi connectivity index (χ0v) is 10.3. The molecule has 1 aromatic carbocycles. The Kier molecular flexibility index (Phi) is 3.33. The maximum Gasteiger partial charge on any atom is 0.143 e. The van der Waals surface area contributed by atoms with Crippen molar-refractivity contribution in [1.29, 1.82) is 0 Å². The minimum absolute atomic E-state index is 0.0154. The summed E-state index contributed by atoms with van der Waals surface area (Å²) in [5.74, 6) is -0.149. The predicted molar refractivity (Wildman–Crippen MR) is 65.6 cm³/mol. The Hall–Kier alpha value is -0.970. The molecule has 2 unspecified atom stereocenters. The molecule has 2 aliphatic heterocycles. The van der Waals surface area contributed by atoms with E-state index in [1.165, 1.54) is 6.07 Å². The molecule has 0 saturated carbocycles. The van der Waals surface area contributed by atoms with Crippen molar-refractivity contribution in [3.8, 4) is 0 Å². The topological polar surface area (TPSA) is 30.5 Å². The number of hydrogen-bond acceptors (Lipinski definition) is 3.